The van der Waals surface area contributed by atoms with Crippen LogP contribution in [0.2, 0.25) is 0 Å². The fourth-order valence-corrected chi connectivity index (χ4v) is 4.86. The topological polar surface area (TPSA) is 47.6 Å². The molecule has 5 rings (SSSR count). The molecule has 26 heavy (non-hydrogen) atoms. The molecule has 0 spiro atoms. The molecule has 0 radical (unpaired) electrons. The van der Waals surface area contributed by atoms with Gasteiger partial charge in [0.15, 0.2) is 17.3 Å². The lowest BCUT2D eigenvalue weighted by Gasteiger charge is -2.38. The summed E-state index contributed by atoms with van der Waals surface area (Å²) in [6, 6.07) is 10.2. The van der Waals surface area contributed by atoms with Crippen molar-refractivity contribution < 1.29 is 14.3 Å². The summed E-state index contributed by atoms with van der Waals surface area (Å²) < 4.78 is 12.1. The molecule has 0 aromatic heterocycles. The van der Waals surface area contributed by atoms with E-state index < -0.39 is 0 Å². The number of hydrogen-bond donors (Lipinski definition) is 1. The van der Waals surface area contributed by atoms with Crippen molar-refractivity contribution in [1.29, 1.82) is 0 Å². The van der Waals surface area contributed by atoms with Gasteiger partial charge >= 0.3 is 0 Å². The van der Waals surface area contributed by atoms with Crippen LogP contribution in [-0.2, 0) is 0 Å². The number of rotatable bonds is 2. The monoisotopic (exact) mass is 411 g/mol. The van der Waals surface area contributed by atoms with E-state index in [-0.39, 0.29) is 18.6 Å². The van der Waals surface area contributed by atoms with Crippen LogP contribution >= 0.6 is 15.9 Å². The van der Waals surface area contributed by atoms with Crippen molar-refractivity contribution in [2.24, 2.45) is 5.92 Å². The van der Waals surface area contributed by atoms with Crippen molar-refractivity contribution in [2.45, 2.75) is 25.3 Å². The Hall–Kier alpha value is -2.27. The number of carbonyl (C=O) groups is 1. The normalized spacial score (nSPS) is 24.8. The highest BCUT2D eigenvalue weighted by atomic mass is 79.9. The molecule has 132 valence electrons. The maximum atomic E-state index is 11.8. The molecule has 2 aliphatic heterocycles. The maximum Gasteiger partial charge on any atom is 0.231 e. The van der Waals surface area contributed by atoms with Crippen molar-refractivity contribution in [2.75, 3.05) is 12.1 Å². The molecule has 0 saturated heterocycles. The zero-order valence-electron chi connectivity index (χ0n) is 14.3. The average molecular weight is 412 g/mol. The van der Waals surface area contributed by atoms with Crippen LogP contribution in [0.4, 0.5) is 5.69 Å². The number of benzene rings is 2. The van der Waals surface area contributed by atoms with Crippen molar-refractivity contribution in [3.63, 3.8) is 0 Å². The minimum Gasteiger partial charge on any atom is -0.454 e. The van der Waals surface area contributed by atoms with Gasteiger partial charge in [-0.25, -0.2) is 0 Å². The van der Waals surface area contributed by atoms with Crippen LogP contribution in [0.1, 0.15) is 46.8 Å². The number of carbonyl (C=O) groups excluding carboxylic acids is 1. The largest absolute Gasteiger partial charge is 0.454 e. The van der Waals surface area contributed by atoms with Gasteiger partial charge in [0, 0.05) is 21.6 Å². The summed E-state index contributed by atoms with van der Waals surface area (Å²) in [4.78, 5) is 11.8. The molecular formula is C21H18BrNO3. The summed E-state index contributed by atoms with van der Waals surface area (Å²) in [6.07, 6.45) is 5.54. The fourth-order valence-electron chi connectivity index (χ4n) is 4.29. The van der Waals surface area contributed by atoms with Gasteiger partial charge in [0.25, 0.3) is 0 Å². The molecular weight excluding hydrogens is 394 g/mol. The Bertz CT molecular complexity index is 953. The van der Waals surface area contributed by atoms with Crippen molar-refractivity contribution >= 4 is 27.4 Å². The summed E-state index contributed by atoms with van der Waals surface area (Å²) in [5, 5.41) is 3.71. The zero-order valence-corrected chi connectivity index (χ0v) is 15.9. The molecule has 5 heteroatoms. The number of Topliss-reactive ketones (excluding diaryl/α,β-unsaturated/α-hetero) is 1. The van der Waals surface area contributed by atoms with Gasteiger partial charge in [0.1, 0.15) is 0 Å². The van der Waals surface area contributed by atoms with E-state index >= 15 is 0 Å². The number of halogens is 1. The smallest absolute Gasteiger partial charge is 0.231 e. The van der Waals surface area contributed by atoms with Crippen LogP contribution in [0.5, 0.6) is 11.5 Å². The summed E-state index contributed by atoms with van der Waals surface area (Å²) in [5.74, 6) is 2.40. The van der Waals surface area contributed by atoms with Crippen molar-refractivity contribution in [1.82, 2.24) is 0 Å². The minimum atomic E-state index is 0.104. The standard InChI is InChI=1S/C21H18BrNO3/c1-11(24)12-5-6-18-15(7-12)13-3-2-4-14(13)21(23-18)16-8-19-20(9-17(16)22)26-10-25-19/h2-3,5-9,13-14,21,23H,4,10H2,1H3/t13-,14+,21+/m1/s1. The van der Waals surface area contributed by atoms with Crippen molar-refractivity contribution in [3.8, 4) is 11.5 Å². The molecule has 0 unspecified atom stereocenters. The molecule has 4 nitrogen and oxygen atoms in total. The molecule has 2 aromatic carbocycles. The van der Waals surface area contributed by atoms with Crippen LogP contribution in [-0.4, -0.2) is 12.6 Å². The summed E-state index contributed by atoms with van der Waals surface area (Å²) in [6.45, 7) is 1.89. The number of nitrogens with one attached hydrogen (secondary N) is 1. The first-order valence-electron chi connectivity index (χ1n) is 8.79. The van der Waals surface area contributed by atoms with Gasteiger partial charge in [-0.05, 0) is 60.7 Å². The zero-order chi connectivity index (χ0) is 17.8. The van der Waals surface area contributed by atoms with Crippen LogP contribution in [0.25, 0.3) is 0 Å². The quantitative estimate of drug-likeness (QED) is 0.544. The van der Waals surface area contributed by atoms with Gasteiger partial charge in [-0.1, -0.05) is 28.1 Å². The highest BCUT2D eigenvalue weighted by Gasteiger charge is 2.39. The van der Waals surface area contributed by atoms with E-state index in [1.807, 2.05) is 24.3 Å². The van der Waals surface area contributed by atoms with Gasteiger partial charge in [0.05, 0.1) is 6.04 Å². The first kappa shape index (κ1) is 15.9. The molecule has 0 bridgehead atoms. The predicted molar refractivity (Wildman–Crippen MR) is 103 cm³/mol. The van der Waals surface area contributed by atoms with Gasteiger partial charge in [-0.15, -0.1) is 0 Å². The number of ether oxygens (including phenoxy) is 2. The van der Waals surface area contributed by atoms with Gasteiger partial charge in [-0.3, -0.25) is 4.79 Å². The first-order chi connectivity index (χ1) is 12.6. The van der Waals surface area contributed by atoms with Crippen molar-refractivity contribution in [3.05, 3.63) is 63.6 Å². The predicted octanol–water partition coefficient (Wildman–Crippen LogP) is 5.21. The molecule has 1 aliphatic carbocycles. The Morgan fingerprint density at radius 3 is 2.77 bits per heavy atom. The van der Waals surface area contributed by atoms with Gasteiger partial charge < -0.3 is 14.8 Å². The Kier molecular flexibility index (Phi) is 3.60. The average Bonchev–Trinajstić information content (AvgIpc) is 3.29. The fraction of sp³-hybridized carbons (Fsp3) is 0.286. The third-order valence-corrected chi connectivity index (χ3v) is 6.28. The van der Waals surface area contributed by atoms with Crippen LogP contribution in [0.3, 0.4) is 0 Å². The molecule has 0 fully saturated rings. The maximum absolute atomic E-state index is 11.8. The SMILES string of the molecule is CC(=O)c1ccc2c(c1)[C@@H]1C=CC[C@@H]1[C@@H](c1cc3c(cc1Br)OCO3)N2. The summed E-state index contributed by atoms with van der Waals surface area (Å²) in [7, 11) is 0. The van der Waals surface area contributed by atoms with Gasteiger partial charge in [0.2, 0.25) is 6.79 Å². The Morgan fingerprint density at radius 2 is 1.96 bits per heavy atom. The lowest BCUT2D eigenvalue weighted by molar-refractivity contribution is 0.101. The molecule has 0 amide bonds. The molecule has 0 saturated carbocycles. The Labute approximate surface area is 160 Å². The Morgan fingerprint density at radius 1 is 1.15 bits per heavy atom. The third kappa shape index (κ3) is 2.37. The molecule has 2 heterocycles. The molecule has 2 aromatic rings. The van der Waals surface area contributed by atoms with E-state index in [0.29, 0.717) is 11.8 Å². The first-order valence-corrected chi connectivity index (χ1v) is 9.58. The molecule has 3 atom stereocenters. The second-order valence-corrected chi connectivity index (χ2v) is 7.92. The van der Waals surface area contributed by atoms with E-state index in [4.69, 9.17) is 9.47 Å². The van der Waals surface area contributed by atoms with E-state index in [2.05, 4.69) is 39.5 Å². The third-order valence-electron chi connectivity index (χ3n) is 5.60. The number of ketones is 1. The highest BCUT2D eigenvalue weighted by Crippen LogP contribution is 2.52. The lowest BCUT2D eigenvalue weighted by Crippen LogP contribution is -2.29. The minimum absolute atomic E-state index is 0.104. The highest BCUT2D eigenvalue weighted by molar-refractivity contribution is 9.10. The van der Waals surface area contributed by atoms with E-state index in [0.717, 1.165) is 33.6 Å². The van der Waals surface area contributed by atoms with Crippen LogP contribution < -0.4 is 14.8 Å². The van der Waals surface area contributed by atoms with Gasteiger partial charge in [-0.2, -0.15) is 0 Å². The van der Waals surface area contributed by atoms with E-state index in [9.17, 15) is 4.79 Å². The second kappa shape index (κ2) is 5.88. The van der Waals surface area contributed by atoms with Crippen LogP contribution in [0, 0.1) is 5.92 Å². The Balaban J connectivity index is 1.59. The molecule has 3 aliphatic rings. The van der Waals surface area contributed by atoms with E-state index in [1.165, 1.54) is 11.1 Å². The number of allylic oxidation sites excluding steroid dienone is 2. The van der Waals surface area contributed by atoms with Crippen LogP contribution in [0.15, 0.2) is 47.0 Å². The second-order valence-electron chi connectivity index (χ2n) is 7.06. The lowest BCUT2D eigenvalue weighted by atomic mass is 9.76. The summed E-state index contributed by atoms with van der Waals surface area (Å²) >= 11 is 3.71. The number of anilines is 1. The summed E-state index contributed by atoms with van der Waals surface area (Å²) in [5.41, 5.74) is 4.25. The number of fused-ring (bicyclic) bond motifs is 4. The number of hydrogen-bond acceptors (Lipinski definition) is 4. The van der Waals surface area contributed by atoms with E-state index in [1.54, 1.807) is 6.92 Å². The molecule has 1 N–H and O–H groups in total.